The Bertz CT molecular complexity index is 778. The minimum atomic E-state index is -2.97. The van der Waals surface area contributed by atoms with Gasteiger partial charge in [0.25, 0.3) is 5.56 Å². The van der Waals surface area contributed by atoms with Crippen LogP contribution in [0.25, 0.3) is 11.3 Å². The molecule has 0 aliphatic carbocycles. The lowest BCUT2D eigenvalue weighted by molar-refractivity contribution is -0.0511. The highest BCUT2D eigenvalue weighted by molar-refractivity contribution is 9.09. The number of halogens is 3. The lowest BCUT2D eigenvalue weighted by Crippen LogP contribution is -2.21. The van der Waals surface area contributed by atoms with E-state index in [4.69, 9.17) is 4.74 Å². The minimum absolute atomic E-state index is 0.0938. The first kappa shape index (κ1) is 18.1. The second-order valence-electron chi connectivity index (χ2n) is 4.61. The summed E-state index contributed by atoms with van der Waals surface area (Å²) in [5.41, 5.74) is 0.740. The number of nitrogens with zero attached hydrogens (tertiary/aromatic N) is 2. The average Bonchev–Trinajstić information content (AvgIpc) is 2.56. The first-order chi connectivity index (χ1) is 11.5. The fraction of sp³-hybridized carbons (Fsp3) is 0.250. The number of hydrogen-bond acceptors (Lipinski definition) is 4. The van der Waals surface area contributed by atoms with Gasteiger partial charge in [0.15, 0.2) is 11.5 Å². The zero-order valence-corrected chi connectivity index (χ0v) is 14.4. The van der Waals surface area contributed by atoms with E-state index in [9.17, 15) is 13.6 Å². The van der Waals surface area contributed by atoms with E-state index in [2.05, 4.69) is 25.8 Å². The Hall–Kier alpha value is -2.22. The predicted octanol–water partition coefficient (Wildman–Crippen LogP) is 3.47. The molecule has 0 saturated heterocycles. The smallest absolute Gasteiger partial charge is 0.387 e. The molecule has 0 bridgehead atoms. The van der Waals surface area contributed by atoms with Crippen molar-refractivity contribution in [2.45, 2.75) is 13.2 Å². The van der Waals surface area contributed by atoms with Crippen LogP contribution in [-0.4, -0.2) is 28.8 Å². The van der Waals surface area contributed by atoms with Crippen molar-refractivity contribution in [3.05, 3.63) is 52.8 Å². The maximum absolute atomic E-state index is 12.5. The van der Waals surface area contributed by atoms with Gasteiger partial charge < -0.3 is 9.47 Å². The molecule has 128 valence electrons. The number of aromatic nitrogens is 2. The van der Waals surface area contributed by atoms with Gasteiger partial charge in [0.2, 0.25) is 0 Å². The Kier molecular flexibility index (Phi) is 6.48. The fourth-order valence-corrected chi connectivity index (χ4v) is 2.26. The monoisotopic (exact) mass is 400 g/mol. The largest absolute Gasteiger partial charge is 0.493 e. The number of methoxy groups -OCH3 is 1. The molecule has 0 fully saturated rings. The molecule has 0 N–H and O–H groups in total. The lowest BCUT2D eigenvalue weighted by atomic mass is 10.1. The van der Waals surface area contributed by atoms with Gasteiger partial charge in [-0.05, 0) is 24.3 Å². The molecule has 8 heteroatoms. The van der Waals surface area contributed by atoms with Crippen LogP contribution in [0.3, 0.4) is 0 Å². The molecule has 24 heavy (non-hydrogen) atoms. The van der Waals surface area contributed by atoms with Gasteiger partial charge in [0.1, 0.15) is 0 Å². The average molecular weight is 401 g/mol. The van der Waals surface area contributed by atoms with Crippen LogP contribution >= 0.6 is 15.9 Å². The van der Waals surface area contributed by atoms with Gasteiger partial charge in [-0.15, -0.1) is 0 Å². The zero-order valence-electron chi connectivity index (χ0n) is 12.8. The molecule has 0 aliphatic heterocycles. The molecule has 0 atom stereocenters. The normalized spacial score (nSPS) is 11.2. The van der Waals surface area contributed by atoms with Gasteiger partial charge in [-0.2, -0.15) is 13.9 Å². The summed E-state index contributed by atoms with van der Waals surface area (Å²) in [7, 11) is 1.36. The first-order valence-corrected chi connectivity index (χ1v) is 8.09. The number of ether oxygens (including phenoxy) is 2. The summed E-state index contributed by atoms with van der Waals surface area (Å²) in [4.78, 5) is 11.8. The summed E-state index contributed by atoms with van der Waals surface area (Å²) < 4.78 is 35.8. The third-order valence-electron chi connectivity index (χ3n) is 3.08. The Labute approximate surface area is 145 Å². The van der Waals surface area contributed by atoms with Crippen LogP contribution in [0.1, 0.15) is 0 Å². The Morgan fingerprint density at radius 2 is 2.04 bits per heavy atom. The maximum atomic E-state index is 12.5. The van der Waals surface area contributed by atoms with Crippen LogP contribution in [-0.2, 0) is 6.54 Å². The van der Waals surface area contributed by atoms with Gasteiger partial charge in [-0.1, -0.05) is 28.1 Å². The van der Waals surface area contributed by atoms with Crippen molar-refractivity contribution in [1.29, 1.82) is 0 Å². The SMILES string of the molecule is COc1ccc(-c2ccc(=O)n(CC=CCBr)n2)cc1OC(F)F. The summed E-state index contributed by atoms with van der Waals surface area (Å²) in [6.07, 6.45) is 3.65. The Morgan fingerprint density at radius 1 is 1.25 bits per heavy atom. The molecule has 1 aromatic heterocycles. The third kappa shape index (κ3) is 4.64. The standard InChI is InChI=1S/C16H15BrF2N2O3/c1-23-13-6-4-11(10-14(13)24-16(18)19)12-5-7-15(22)21(20-12)9-3-2-8-17/h2-7,10,16H,8-9H2,1H3. The van der Waals surface area contributed by atoms with Crippen molar-refractivity contribution in [3.8, 4) is 22.8 Å². The lowest BCUT2D eigenvalue weighted by Gasteiger charge is -2.12. The van der Waals surface area contributed by atoms with Crippen molar-refractivity contribution in [1.82, 2.24) is 9.78 Å². The van der Waals surface area contributed by atoms with E-state index >= 15 is 0 Å². The van der Waals surface area contributed by atoms with Crippen molar-refractivity contribution in [2.75, 3.05) is 12.4 Å². The topological polar surface area (TPSA) is 53.4 Å². The molecule has 2 aromatic rings. The van der Waals surface area contributed by atoms with Gasteiger partial charge in [-0.3, -0.25) is 4.79 Å². The first-order valence-electron chi connectivity index (χ1n) is 6.97. The van der Waals surface area contributed by atoms with Crippen molar-refractivity contribution in [3.63, 3.8) is 0 Å². The summed E-state index contributed by atoms with van der Waals surface area (Å²) in [5.74, 6) is 0.0939. The van der Waals surface area contributed by atoms with E-state index in [0.717, 1.165) is 0 Å². The van der Waals surface area contributed by atoms with E-state index in [1.54, 1.807) is 12.1 Å². The van der Waals surface area contributed by atoms with Crippen LogP contribution in [0, 0.1) is 0 Å². The van der Waals surface area contributed by atoms with Crippen LogP contribution in [0.5, 0.6) is 11.5 Å². The summed E-state index contributed by atoms with van der Waals surface area (Å²) in [6, 6.07) is 7.47. The molecule has 0 saturated carbocycles. The van der Waals surface area contributed by atoms with E-state index in [1.165, 1.54) is 36.1 Å². The van der Waals surface area contributed by atoms with Gasteiger partial charge in [0, 0.05) is 17.0 Å². The molecule has 0 aliphatic rings. The van der Waals surface area contributed by atoms with Crippen molar-refractivity contribution < 1.29 is 18.3 Å². The molecule has 0 spiro atoms. The van der Waals surface area contributed by atoms with Crippen LogP contribution < -0.4 is 15.0 Å². The molecular formula is C16H15BrF2N2O3. The quantitative estimate of drug-likeness (QED) is 0.527. The Morgan fingerprint density at radius 3 is 2.71 bits per heavy atom. The maximum Gasteiger partial charge on any atom is 0.387 e. The highest BCUT2D eigenvalue weighted by atomic mass is 79.9. The summed E-state index contributed by atoms with van der Waals surface area (Å²) in [6.45, 7) is -2.65. The van der Waals surface area contributed by atoms with E-state index in [0.29, 0.717) is 23.1 Å². The highest BCUT2D eigenvalue weighted by Crippen LogP contribution is 2.32. The van der Waals surface area contributed by atoms with Gasteiger partial charge in [-0.25, -0.2) is 4.68 Å². The summed E-state index contributed by atoms with van der Waals surface area (Å²) in [5, 5.41) is 4.92. The third-order valence-corrected chi connectivity index (χ3v) is 3.45. The molecule has 0 radical (unpaired) electrons. The van der Waals surface area contributed by atoms with Crippen LogP contribution in [0.4, 0.5) is 8.78 Å². The van der Waals surface area contributed by atoms with Crippen molar-refractivity contribution >= 4 is 15.9 Å². The van der Waals surface area contributed by atoms with E-state index in [-0.39, 0.29) is 17.1 Å². The highest BCUT2D eigenvalue weighted by Gasteiger charge is 2.13. The van der Waals surface area contributed by atoms with Crippen LogP contribution in [0.15, 0.2) is 47.3 Å². The second-order valence-corrected chi connectivity index (χ2v) is 5.26. The molecule has 0 amide bonds. The number of alkyl halides is 3. The molecule has 1 aromatic carbocycles. The molecule has 0 unspecified atom stereocenters. The fourth-order valence-electron chi connectivity index (χ4n) is 2.00. The molecule has 2 rings (SSSR count). The van der Waals surface area contributed by atoms with Crippen LogP contribution in [0.2, 0.25) is 0 Å². The van der Waals surface area contributed by atoms with E-state index in [1.807, 2.05) is 6.08 Å². The number of benzene rings is 1. The predicted molar refractivity (Wildman–Crippen MR) is 90.1 cm³/mol. The van der Waals surface area contributed by atoms with E-state index < -0.39 is 6.61 Å². The number of hydrogen-bond donors (Lipinski definition) is 0. The number of rotatable bonds is 7. The number of allylic oxidation sites excluding steroid dienone is 2. The molecule has 1 heterocycles. The van der Waals surface area contributed by atoms with Crippen molar-refractivity contribution in [2.24, 2.45) is 0 Å². The van der Waals surface area contributed by atoms with Gasteiger partial charge in [0.05, 0.1) is 19.3 Å². The molecular weight excluding hydrogens is 386 g/mol. The minimum Gasteiger partial charge on any atom is -0.493 e. The zero-order chi connectivity index (χ0) is 17.5. The molecule has 5 nitrogen and oxygen atoms in total. The second kappa shape index (κ2) is 8.58. The Balaban J connectivity index is 2.38. The summed E-state index contributed by atoms with van der Waals surface area (Å²) >= 11 is 3.25. The van der Waals surface area contributed by atoms with Gasteiger partial charge >= 0.3 is 6.61 Å².